The van der Waals surface area contributed by atoms with Crippen LogP contribution >= 0.6 is 0 Å². The lowest BCUT2D eigenvalue weighted by Crippen LogP contribution is -2.33. The van der Waals surface area contributed by atoms with Gasteiger partial charge in [0, 0.05) is 13.0 Å². The molecule has 1 aliphatic rings. The molecular weight excluding hydrogens is 166 g/mol. The molecule has 0 spiro atoms. The molecule has 0 aliphatic heterocycles. The number of carbonyl (C=O) groups excluding carboxylic acids is 1. The molecule has 0 aromatic rings. The number of hydrogen-bond acceptors (Lipinski definition) is 2. The summed E-state index contributed by atoms with van der Waals surface area (Å²) in [5.41, 5.74) is 0. The molecule has 2 unspecified atom stereocenters. The Bertz CT molecular complexity index is 182. The van der Waals surface area contributed by atoms with Crippen LogP contribution in [-0.4, -0.2) is 25.1 Å². The molecule has 0 saturated heterocycles. The van der Waals surface area contributed by atoms with Crippen LogP contribution in [0.1, 0.15) is 32.6 Å². The van der Waals surface area contributed by atoms with Gasteiger partial charge in [-0.15, -0.1) is 0 Å². The van der Waals surface area contributed by atoms with Crippen molar-refractivity contribution in [3.63, 3.8) is 0 Å². The minimum absolute atomic E-state index is 0.145. The molecule has 3 nitrogen and oxygen atoms in total. The lowest BCUT2D eigenvalue weighted by Gasteiger charge is -2.22. The summed E-state index contributed by atoms with van der Waals surface area (Å²) in [6, 6.07) is 0. The first-order valence-electron chi connectivity index (χ1n) is 5.02. The van der Waals surface area contributed by atoms with E-state index in [9.17, 15) is 4.79 Å². The molecule has 0 aromatic heterocycles. The first-order valence-corrected chi connectivity index (χ1v) is 5.02. The predicted molar refractivity (Wildman–Crippen MR) is 50.9 cm³/mol. The quantitative estimate of drug-likeness (QED) is 0.628. The van der Waals surface area contributed by atoms with Crippen molar-refractivity contribution in [3.05, 3.63) is 0 Å². The smallest absolute Gasteiger partial charge is 0.249 e. The molecule has 1 saturated carbocycles. The number of nitrogens with zero attached hydrogens (tertiary/aromatic N) is 1. The van der Waals surface area contributed by atoms with E-state index in [0.29, 0.717) is 5.92 Å². The monoisotopic (exact) mass is 185 g/mol. The fourth-order valence-electron chi connectivity index (χ4n) is 2.17. The highest BCUT2D eigenvalue weighted by atomic mass is 16.7. The maximum absolute atomic E-state index is 11.7. The van der Waals surface area contributed by atoms with E-state index in [1.165, 1.54) is 25.0 Å². The first kappa shape index (κ1) is 10.5. The van der Waals surface area contributed by atoms with Crippen LogP contribution in [0.5, 0.6) is 0 Å². The minimum atomic E-state index is 0.145. The Morgan fingerprint density at radius 3 is 2.77 bits per heavy atom. The van der Waals surface area contributed by atoms with Crippen LogP contribution in [0.25, 0.3) is 0 Å². The molecule has 13 heavy (non-hydrogen) atoms. The average molecular weight is 185 g/mol. The summed E-state index contributed by atoms with van der Waals surface area (Å²) < 4.78 is 0. The van der Waals surface area contributed by atoms with Crippen molar-refractivity contribution in [2.24, 2.45) is 11.8 Å². The van der Waals surface area contributed by atoms with E-state index in [0.717, 1.165) is 12.8 Å². The SMILES string of the molecule is CCC1CCCC1C(=O)N(C)OC. The van der Waals surface area contributed by atoms with E-state index in [1.54, 1.807) is 7.05 Å². The van der Waals surface area contributed by atoms with Gasteiger partial charge in [-0.25, -0.2) is 5.06 Å². The summed E-state index contributed by atoms with van der Waals surface area (Å²) in [6.45, 7) is 2.16. The van der Waals surface area contributed by atoms with Crippen LogP contribution in [0.4, 0.5) is 0 Å². The number of rotatable bonds is 3. The van der Waals surface area contributed by atoms with Gasteiger partial charge in [0.15, 0.2) is 0 Å². The van der Waals surface area contributed by atoms with Crippen LogP contribution in [0, 0.1) is 11.8 Å². The summed E-state index contributed by atoms with van der Waals surface area (Å²) in [7, 11) is 3.22. The zero-order chi connectivity index (χ0) is 9.84. The highest BCUT2D eigenvalue weighted by Crippen LogP contribution is 2.34. The Hall–Kier alpha value is -0.570. The van der Waals surface area contributed by atoms with Crippen molar-refractivity contribution in [3.8, 4) is 0 Å². The second kappa shape index (κ2) is 4.61. The summed E-state index contributed by atoms with van der Waals surface area (Å²) in [5, 5.41) is 1.36. The summed E-state index contributed by atoms with van der Waals surface area (Å²) >= 11 is 0. The van der Waals surface area contributed by atoms with Crippen LogP contribution < -0.4 is 0 Å². The number of hydrogen-bond donors (Lipinski definition) is 0. The zero-order valence-corrected chi connectivity index (χ0v) is 8.75. The van der Waals surface area contributed by atoms with Gasteiger partial charge in [0.1, 0.15) is 0 Å². The van der Waals surface area contributed by atoms with Gasteiger partial charge < -0.3 is 0 Å². The molecule has 2 atom stereocenters. The standard InChI is InChI=1S/C10H19NO2/c1-4-8-6-5-7-9(8)10(12)11(2)13-3/h8-9H,4-7H2,1-3H3. The van der Waals surface area contributed by atoms with Gasteiger partial charge in [-0.1, -0.05) is 19.8 Å². The molecule has 1 aliphatic carbocycles. The Kier molecular flexibility index (Phi) is 3.72. The molecule has 76 valence electrons. The van der Waals surface area contributed by atoms with E-state index in [4.69, 9.17) is 4.84 Å². The maximum atomic E-state index is 11.7. The predicted octanol–water partition coefficient (Wildman–Crippen LogP) is 1.83. The average Bonchev–Trinajstić information content (AvgIpc) is 2.62. The maximum Gasteiger partial charge on any atom is 0.249 e. The molecule has 1 rings (SSSR count). The van der Waals surface area contributed by atoms with E-state index in [2.05, 4.69) is 6.92 Å². The topological polar surface area (TPSA) is 29.5 Å². The molecule has 0 radical (unpaired) electrons. The molecule has 0 bridgehead atoms. The number of hydroxylamine groups is 2. The Morgan fingerprint density at radius 1 is 1.54 bits per heavy atom. The van der Waals surface area contributed by atoms with Crippen molar-refractivity contribution in [2.75, 3.05) is 14.2 Å². The fourth-order valence-corrected chi connectivity index (χ4v) is 2.17. The zero-order valence-electron chi connectivity index (χ0n) is 8.75. The van der Waals surface area contributed by atoms with Gasteiger partial charge in [-0.05, 0) is 18.8 Å². The fraction of sp³-hybridized carbons (Fsp3) is 0.900. The molecular formula is C10H19NO2. The van der Waals surface area contributed by atoms with Gasteiger partial charge in [0.25, 0.3) is 0 Å². The Morgan fingerprint density at radius 2 is 2.23 bits per heavy atom. The van der Waals surface area contributed by atoms with Gasteiger partial charge in [0.2, 0.25) is 5.91 Å². The third-order valence-corrected chi connectivity index (χ3v) is 3.08. The van der Waals surface area contributed by atoms with E-state index in [1.807, 2.05) is 0 Å². The summed E-state index contributed by atoms with van der Waals surface area (Å²) in [5.74, 6) is 0.923. The number of carbonyl (C=O) groups is 1. The van der Waals surface area contributed by atoms with Crippen molar-refractivity contribution >= 4 is 5.91 Å². The Labute approximate surface area is 80.0 Å². The highest BCUT2D eigenvalue weighted by molar-refractivity contribution is 5.78. The molecule has 1 fully saturated rings. The van der Waals surface area contributed by atoms with Crippen LogP contribution in [0.15, 0.2) is 0 Å². The normalized spacial score (nSPS) is 27.6. The largest absolute Gasteiger partial charge is 0.275 e. The van der Waals surface area contributed by atoms with Crippen molar-refractivity contribution in [1.29, 1.82) is 0 Å². The molecule has 3 heteroatoms. The molecule has 1 amide bonds. The first-order chi connectivity index (χ1) is 6.20. The third-order valence-electron chi connectivity index (χ3n) is 3.08. The van der Waals surface area contributed by atoms with Gasteiger partial charge in [0.05, 0.1) is 7.11 Å². The summed E-state index contributed by atoms with van der Waals surface area (Å²) in [6.07, 6.45) is 4.52. The lowest BCUT2D eigenvalue weighted by molar-refractivity contribution is -0.174. The van der Waals surface area contributed by atoms with E-state index >= 15 is 0 Å². The second-order valence-electron chi connectivity index (χ2n) is 3.72. The third kappa shape index (κ3) is 2.21. The van der Waals surface area contributed by atoms with Crippen LogP contribution in [0.2, 0.25) is 0 Å². The van der Waals surface area contributed by atoms with Crippen molar-refractivity contribution in [2.45, 2.75) is 32.6 Å². The van der Waals surface area contributed by atoms with Gasteiger partial charge in [-0.2, -0.15) is 0 Å². The molecule has 0 heterocycles. The minimum Gasteiger partial charge on any atom is -0.275 e. The van der Waals surface area contributed by atoms with Crippen molar-refractivity contribution < 1.29 is 9.63 Å². The number of amides is 1. The van der Waals surface area contributed by atoms with E-state index < -0.39 is 0 Å². The van der Waals surface area contributed by atoms with Crippen LogP contribution in [0.3, 0.4) is 0 Å². The highest BCUT2D eigenvalue weighted by Gasteiger charge is 2.33. The van der Waals surface area contributed by atoms with Crippen molar-refractivity contribution in [1.82, 2.24) is 5.06 Å². The van der Waals surface area contributed by atoms with Gasteiger partial charge in [-0.3, -0.25) is 9.63 Å². The molecule has 0 N–H and O–H groups in total. The summed E-state index contributed by atoms with van der Waals surface area (Å²) in [4.78, 5) is 16.6. The Balaban J connectivity index is 2.54. The van der Waals surface area contributed by atoms with Gasteiger partial charge >= 0.3 is 0 Å². The lowest BCUT2D eigenvalue weighted by atomic mass is 9.93. The second-order valence-corrected chi connectivity index (χ2v) is 3.72. The molecule has 0 aromatic carbocycles. The van der Waals surface area contributed by atoms with Crippen LogP contribution in [-0.2, 0) is 9.63 Å². The van der Waals surface area contributed by atoms with E-state index in [-0.39, 0.29) is 11.8 Å².